The Morgan fingerprint density at radius 1 is 1.32 bits per heavy atom. The van der Waals surface area contributed by atoms with Crippen molar-refractivity contribution in [3.63, 3.8) is 0 Å². The molecule has 1 aliphatic heterocycles. The summed E-state index contributed by atoms with van der Waals surface area (Å²) in [6.45, 7) is 5.96. The molecule has 106 valence electrons. The molecule has 0 aliphatic carbocycles. The van der Waals surface area contributed by atoms with Crippen molar-refractivity contribution in [2.24, 2.45) is 16.6 Å². The molecule has 5 nitrogen and oxygen atoms in total. The predicted octanol–water partition coefficient (Wildman–Crippen LogP) is 1.71. The standard InChI is InChI=1S/C14H25N5/c1-13(12-19-10-6-7-17-19)11-16-14(15)18-8-4-2-3-5-9-18/h6-7,10,13H,2-5,8-9,11-12H2,1H3,(H2,15,16)/t13-/m1/s1. The summed E-state index contributed by atoms with van der Waals surface area (Å²) in [5.41, 5.74) is 6.09. The molecule has 0 saturated carbocycles. The highest BCUT2D eigenvalue weighted by molar-refractivity contribution is 5.78. The van der Waals surface area contributed by atoms with Gasteiger partial charge >= 0.3 is 0 Å². The van der Waals surface area contributed by atoms with Gasteiger partial charge in [0.2, 0.25) is 0 Å². The van der Waals surface area contributed by atoms with E-state index in [1.807, 2.05) is 23.1 Å². The Kier molecular flexibility index (Phi) is 5.24. The van der Waals surface area contributed by atoms with Gasteiger partial charge in [-0.2, -0.15) is 5.10 Å². The van der Waals surface area contributed by atoms with Crippen molar-refractivity contribution < 1.29 is 0 Å². The molecule has 5 heteroatoms. The number of guanidine groups is 1. The second-order valence-electron chi connectivity index (χ2n) is 5.43. The van der Waals surface area contributed by atoms with Crippen molar-refractivity contribution in [1.29, 1.82) is 0 Å². The molecule has 1 saturated heterocycles. The normalized spacial score (nSPS) is 19.2. The van der Waals surface area contributed by atoms with Gasteiger partial charge in [0, 0.05) is 38.6 Å². The second kappa shape index (κ2) is 7.16. The van der Waals surface area contributed by atoms with Crippen LogP contribution < -0.4 is 5.73 Å². The van der Waals surface area contributed by atoms with Gasteiger partial charge in [-0.15, -0.1) is 0 Å². The third-order valence-electron chi connectivity index (χ3n) is 3.55. The number of hydrogen-bond donors (Lipinski definition) is 1. The fraction of sp³-hybridized carbons (Fsp3) is 0.714. The molecule has 1 aliphatic rings. The first-order valence-corrected chi connectivity index (χ1v) is 7.28. The second-order valence-corrected chi connectivity index (χ2v) is 5.43. The van der Waals surface area contributed by atoms with Gasteiger partial charge in [-0.1, -0.05) is 19.8 Å². The summed E-state index contributed by atoms with van der Waals surface area (Å²) >= 11 is 0. The molecule has 2 rings (SSSR count). The summed E-state index contributed by atoms with van der Waals surface area (Å²) in [7, 11) is 0. The molecule has 0 radical (unpaired) electrons. The summed E-state index contributed by atoms with van der Waals surface area (Å²) in [4.78, 5) is 6.78. The van der Waals surface area contributed by atoms with Crippen molar-refractivity contribution >= 4 is 5.96 Å². The first-order valence-electron chi connectivity index (χ1n) is 7.28. The van der Waals surface area contributed by atoms with Gasteiger partial charge in [0.25, 0.3) is 0 Å². The van der Waals surface area contributed by atoms with Crippen LogP contribution in [0.4, 0.5) is 0 Å². The Morgan fingerprint density at radius 3 is 2.68 bits per heavy atom. The van der Waals surface area contributed by atoms with Crippen molar-refractivity contribution in [2.45, 2.75) is 39.2 Å². The van der Waals surface area contributed by atoms with Gasteiger partial charge in [-0.25, -0.2) is 0 Å². The van der Waals surface area contributed by atoms with Crippen LogP contribution in [0.15, 0.2) is 23.5 Å². The lowest BCUT2D eigenvalue weighted by atomic mass is 10.2. The van der Waals surface area contributed by atoms with E-state index in [1.165, 1.54) is 25.7 Å². The number of hydrogen-bond acceptors (Lipinski definition) is 2. The Hall–Kier alpha value is -1.52. The van der Waals surface area contributed by atoms with E-state index in [2.05, 4.69) is 21.9 Å². The fourth-order valence-corrected chi connectivity index (χ4v) is 2.43. The first-order chi connectivity index (χ1) is 9.25. The first kappa shape index (κ1) is 13.9. The maximum Gasteiger partial charge on any atom is 0.191 e. The van der Waals surface area contributed by atoms with Crippen LogP contribution in [0.2, 0.25) is 0 Å². The monoisotopic (exact) mass is 263 g/mol. The molecule has 0 spiro atoms. The van der Waals surface area contributed by atoms with Crippen LogP contribution in [0.5, 0.6) is 0 Å². The van der Waals surface area contributed by atoms with Gasteiger partial charge in [-0.3, -0.25) is 9.67 Å². The molecular weight excluding hydrogens is 238 g/mol. The predicted molar refractivity (Wildman–Crippen MR) is 77.9 cm³/mol. The number of nitrogens with zero attached hydrogens (tertiary/aromatic N) is 4. The van der Waals surface area contributed by atoms with E-state index in [1.54, 1.807) is 0 Å². The fourth-order valence-electron chi connectivity index (χ4n) is 2.43. The molecule has 0 aromatic carbocycles. The summed E-state index contributed by atoms with van der Waals surface area (Å²) in [5.74, 6) is 1.17. The SMILES string of the molecule is C[C@H](CN=C(N)N1CCCCCC1)Cn1cccn1. The van der Waals surface area contributed by atoms with Gasteiger partial charge in [0.05, 0.1) is 0 Å². The molecular formula is C14H25N5. The molecule has 1 fully saturated rings. The third-order valence-corrected chi connectivity index (χ3v) is 3.55. The van der Waals surface area contributed by atoms with E-state index < -0.39 is 0 Å². The largest absolute Gasteiger partial charge is 0.370 e. The van der Waals surface area contributed by atoms with Gasteiger partial charge < -0.3 is 10.6 Å². The molecule has 1 atom stereocenters. The van der Waals surface area contributed by atoms with E-state index in [9.17, 15) is 0 Å². The maximum atomic E-state index is 6.09. The van der Waals surface area contributed by atoms with E-state index in [4.69, 9.17) is 5.73 Å². The van der Waals surface area contributed by atoms with Crippen LogP contribution in [-0.2, 0) is 6.54 Å². The zero-order valence-corrected chi connectivity index (χ0v) is 11.8. The minimum Gasteiger partial charge on any atom is -0.370 e. The summed E-state index contributed by atoms with van der Waals surface area (Å²) < 4.78 is 1.95. The molecule has 1 aromatic heterocycles. The zero-order valence-electron chi connectivity index (χ0n) is 11.8. The average Bonchev–Trinajstić information content (AvgIpc) is 2.76. The van der Waals surface area contributed by atoms with Crippen molar-refractivity contribution in [2.75, 3.05) is 19.6 Å². The molecule has 2 N–H and O–H groups in total. The summed E-state index contributed by atoms with van der Waals surface area (Å²) in [6.07, 6.45) is 8.90. The maximum absolute atomic E-state index is 6.09. The smallest absolute Gasteiger partial charge is 0.191 e. The minimum absolute atomic E-state index is 0.449. The van der Waals surface area contributed by atoms with Gasteiger partial charge in [0.1, 0.15) is 0 Å². The lowest BCUT2D eigenvalue weighted by Gasteiger charge is -2.21. The van der Waals surface area contributed by atoms with Crippen LogP contribution in [0.3, 0.4) is 0 Å². The van der Waals surface area contributed by atoms with Crippen molar-refractivity contribution in [1.82, 2.24) is 14.7 Å². The topological polar surface area (TPSA) is 59.4 Å². The van der Waals surface area contributed by atoms with E-state index in [-0.39, 0.29) is 0 Å². The third kappa shape index (κ3) is 4.58. The number of aromatic nitrogens is 2. The number of nitrogens with two attached hydrogens (primary N) is 1. The van der Waals surface area contributed by atoms with Crippen LogP contribution in [0.1, 0.15) is 32.6 Å². The summed E-state index contributed by atoms with van der Waals surface area (Å²) in [5, 5.41) is 4.21. The van der Waals surface area contributed by atoms with Gasteiger partial charge in [-0.05, 0) is 24.8 Å². The molecule has 2 heterocycles. The van der Waals surface area contributed by atoms with Crippen molar-refractivity contribution in [3.8, 4) is 0 Å². The molecule has 0 unspecified atom stereocenters. The van der Waals surface area contributed by atoms with Crippen LogP contribution in [0.25, 0.3) is 0 Å². The van der Waals surface area contributed by atoms with Crippen LogP contribution >= 0.6 is 0 Å². The number of rotatable bonds is 4. The molecule has 0 amide bonds. The summed E-state index contributed by atoms with van der Waals surface area (Å²) in [6, 6.07) is 1.95. The van der Waals surface area contributed by atoms with E-state index in [0.29, 0.717) is 11.9 Å². The number of likely N-dealkylation sites (tertiary alicyclic amines) is 1. The highest BCUT2D eigenvalue weighted by atomic mass is 15.3. The Morgan fingerprint density at radius 2 is 2.05 bits per heavy atom. The van der Waals surface area contributed by atoms with Gasteiger partial charge in [0.15, 0.2) is 5.96 Å². The van der Waals surface area contributed by atoms with E-state index >= 15 is 0 Å². The quantitative estimate of drug-likeness (QED) is 0.664. The number of aliphatic imine (C=N–C) groups is 1. The van der Waals surface area contributed by atoms with E-state index in [0.717, 1.165) is 26.2 Å². The minimum atomic E-state index is 0.449. The Bertz CT molecular complexity index is 377. The van der Waals surface area contributed by atoms with Crippen LogP contribution in [0, 0.1) is 5.92 Å². The average molecular weight is 263 g/mol. The highest BCUT2D eigenvalue weighted by Gasteiger charge is 2.11. The highest BCUT2D eigenvalue weighted by Crippen LogP contribution is 2.09. The van der Waals surface area contributed by atoms with Crippen molar-refractivity contribution in [3.05, 3.63) is 18.5 Å². The zero-order chi connectivity index (χ0) is 13.5. The lowest BCUT2D eigenvalue weighted by molar-refractivity contribution is 0.420. The molecule has 0 bridgehead atoms. The lowest BCUT2D eigenvalue weighted by Crippen LogP contribution is -2.38. The molecule has 1 aromatic rings. The Labute approximate surface area is 115 Å². The Balaban J connectivity index is 1.79. The molecule has 19 heavy (non-hydrogen) atoms. The van der Waals surface area contributed by atoms with Crippen LogP contribution in [-0.4, -0.2) is 40.3 Å².